The Morgan fingerprint density at radius 1 is 1.09 bits per heavy atom. The zero-order chi connectivity index (χ0) is 16.4. The van der Waals surface area contributed by atoms with Crippen molar-refractivity contribution < 1.29 is 9.50 Å². The maximum atomic E-state index is 13.9. The molecule has 0 saturated carbocycles. The maximum Gasteiger partial charge on any atom is 0.146 e. The quantitative estimate of drug-likeness (QED) is 0.836. The number of aromatic hydroxyl groups is 1. The molecule has 0 aromatic heterocycles. The summed E-state index contributed by atoms with van der Waals surface area (Å²) in [6, 6.07) is 11.8. The summed E-state index contributed by atoms with van der Waals surface area (Å²) in [6.07, 6.45) is 0. The summed E-state index contributed by atoms with van der Waals surface area (Å²) in [5, 5.41) is 9.78. The van der Waals surface area contributed by atoms with Gasteiger partial charge in [0.1, 0.15) is 16.6 Å². The largest absolute Gasteiger partial charge is 0.506 e. The van der Waals surface area contributed by atoms with E-state index in [1.807, 2.05) is 11.0 Å². The van der Waals surface area contributed by atoms with Crippen LogP contribution in [0.1, 0.15) is 5.56 Å². The van der Waals surface area contributed by atoms with Crippen LogP contribution in [0.3, 0.4) is 0 Å². The zero-order valence-electron chi connectivity index (χ0n) is 12.4. The van der Waals surface area contributed by atoms with Crippen LogP contribution < -0.4 is 4.90 Å². The molecule has 23 heavy (non-hydrogen) atoms. The molecule has 1 N–H and O–H groups in total. The van der Waals surface area contributed by atoms with Crippen LogP contribution in [0.2, 0.25) is 5.02 Å². The number of piperazine rings is 1. The Bertz CT molecular complexity index is 732. The lowest BCUT2D eigenvalue weighted by Gasteiger charge is -2.37. The van der Waals surface area contributed by atoms with E-state index in [4.69, 9.17) is 23.8 Å². The second-order valence-corrected chi connectivity index (χ2v) is 6.19. The van der Waals surface area contributed by atoms with Gasteiger partial charge in [-0.2, -0.15) is 0 Å². The van der Waals surface area contributed by atoms with E-state index >= 15 is 0 Å². The summed E-state index contributed by atoms with van der Waals surface area (Å²) < 4.78 is 13.9. The molecule has 1 heterocycles. The van der Waals surface area contributed by atoms with E-state index in [2.05, 4.69) is 4.90 Å². The number of phenols is 1. The first-order chi connectivity index (χ1) is 11.1. The lowest BCUT2D eigenvalue weighted by atomic mass is 10.1. The van der Waals surface area contributed by atoms with E-state index in [0.717, 1.165) is 5.56 Å². The molecule has 3 rings (SSSR count). The van der Waals surface area contributed by atoms with Gasteiger partial charge < -0.3 is 14.9 Å². The lowest BCUT2D eigenvalue weighted by Crippen LogP contribution is -2.48. The number of para-hydroxylation sites is 1. The first-order valence-electron chi connectivity index (χ1n) is 7.33. The Morgan fingerprint density at radius 2 is 1.78 bits per heavy atom. The normalized spacial score (nSPS) is 14.9. The molecule has 0 aliphatic carbocycles. The van der Waals surface area contributed by atoms with Gasteiger partial charge in [-0.15, -0.1) is 0 Å². The topological polar surface area (TPSA) is 26.7 Å². The number of benzene rings is 2. The van der Waals surface area contributed by atoms with Gasteiger partial charge in [-0.05, 0) is 30.3 Å². The predicted octanol–water partition coefficient (Wildman–Crippen LogP) is 3.68. The molecule has 1 aliphatic heterocycles. The van der Waals surface area contributed by atoms with Crippen LogP contribution >= 0.6 is 23.8 Å². The summed E-state index contributed by atoms with van der Waals surface area (Å²) in [5.74, 6) is -0.156. The summed E-state index contributed by atoms with van der Waals surface area (Å²) in [6.45, 7) is 2.83. The Morgan fingerprint density at radius 3 is 2.43 bits per heavy atom. The fourth-order valence-corrected chi connectivity index (χ4v) is 3.17. The molecule has 2 aromatic rings. The van der Waals surface area contributed by atoms with E-state index in [1.165, 1.54) is 6.07 Å². The minimum absolute atomic E-state index is 0.0441. The van der Waals surface area contributed by atoms with Crippen molar-refractivity contribution in [2.24, 2.45) is 0 Å². The van der Waals surface area contributed by atoms with Gasteiger partial charge in [0.05, 0.1) is 10.7 Å². The number of nitrogens with zero attached hydrogens (tertiary/aromatic N) is 2. The smallest absolute Gasteiger partial charge is 0.146 e. The van der Waals surface area contributed by atoms with E-state index in [-0.39, 0.29) is 16.6 Å². The van der Waals surface area contributed by atoms with Crippen molar-refractivity contribution in [3.8, 4) is 5.75 Å². The SMILES string of the molecule is Oc1ccc(C(=S)N2CCN(c3ccccc3F)CC2)cc1Cl. The maximum absolute atomic E-state index is 13.9. The van der Waals surface area contributed by atoms with Crippen LogP contribution in [0.25, 0.3) is 0 Å². The predicted molar refractivity (Wildman–Crippen MR) is 95.0 cm³/mol. The van der Waals surface area contributed by atoms with Gasteiger partial charge in [-0.25, -0.2) is 4.39 Å². The molecule has 0 bridgehead atoms. The minimum atomic E-state index is -0.200. The molecule has 1 saturated heterocycles. The van der Waals surface area contributed by atoms with E-state index in [9.17, 15) is 9.50 Å². The Balaban J connectivity index is 1.68. The van der Waals surface area contributed by atoms with Crippen molar-refractivity contribution >= 4 is 34.5 Å². The van der Waals surface area contributed by atoms with Crippen LogP contribution in [0.5, 0.6) is 5.75 Å². The van der Waals surface area contributed by atoms with Gasteiger partial charge in [0.15, 0.2) is 0 Å². The summed E-state index contributed by atoms with van der Waals surface area (Å²) in [5.41, 5.74) is 1.44. The summed E-state index contributed by atoms with van der Waals surface area (Å²) in [4.78, 5) is 4.80. The summed E-state index contributed by atoms with van der Waals surface area (Å²) >= 11 is 11.5. The molecule has 120 valence electrons. The molecular weight excluding hydrogens is 335 g/mol. The van der Waals surface area contributed by atoms with Crippen molar-refractivity contribution in [1.82, 2.24) is 4.90 Å². The van der Waals surface area contributed by atoms with E-state index in [1.54, 1.807) is 30.3 Å². The molecule has 0 spiro atoms. The second kappa shape index (κ2) is 6.72. The zero-order valence-corrected chi connectivity index (χ0v) is 13.9. The van der Waals surface area contributed by atoms with Crippen molar-refractivity contribution in [3.05, 3.63) is 58.9 Å². The second-order valence-electron chi connectivity index (χ2n) is 5.40. The van der Waals surface area contributed by atoms with Crippen LogP contribution in [0.15, 0.2) is 42.5 Å². The molecule has 1 aliphatic rings. The highest BCUT2D eigenvalue weighted by Gasteiger charge is 2.21. The van der Waals surface area contributed by atoms with Crippen LogP contribution in [-0.2, 0) is 0 Å². The molecule has 2 aromatic carbocycles. The van der Waals surface area contributed by atoms with Gasteiger partial charge >= 0.3 is 0 Å². The number of rotatable bonds is 2. The number of halogens is 2. The fraction of sp³-hybridized carbons (Fsp3) is 0.235. The molecule has 3 nitrogen and oxygen atoms in total. The highest BCUT2D eigenvalue weighted by molar-refractivity contribution is 7.80. The Kier molecular flexibility index (Phi) is 4.68. The molecule has 6 heteroatoms. The minimum Gasteiger partial charge on any atom is -0.506 e. The third-order valence-corrected chi connectivity index (χ3v) is 4.75. The van der Waals surface area contributed by atoms with Crippen LogP contribution in [0, 0.1) is 5.82 Å². The van der Waals surface area contributed by atoms with Crippen LogP contribution in [-0.4, -0.2) is 41.2 Å². The van der Waals surface area contributed by atoms with Crippen molar-refractivity contribution in [3.63, 3.8) is 0 Å². The molecule has 1 fully saturated rings. The number of hydrogen-bond donors (Lipinski definition) is 1. The van der Waals surface area contributed by atoms with Gasteiger partial charge in [0.2, 0.25) is 0 Å². The van der Waals surface area contributed by atoms with Gasteiger partial charge in [-0.1, -0.05) is 36.0 Å². The average molecular weight is 351 g/mol. The van der Waals surface area contributed by atoms with Crippen molar-refractivity contribution in [2.75, 3.05) is 31.1 Å². The number of anilines is 1. The molecule has 0 unspecified atom stereocenters. The first-order valence-corrected chi connectivity index (χ1v) is 8.12. The highest BCUT2D eigenvalue weighted by atomic mass is 35.5. The first kappa shape index (κ1) is 16.0. The number of phenolic OH excluding ortho intramolecular Hbond substituents is 1. The van der Waals surface area contributed by atoms with Crippen molar-refractivity contribution in [1.29, 1.82) is 0 Å². The van der Waals surface area contributed by atoms with Gasteiger partial charge in [-0.3, -0.25) is 0 Å². The standard InChI is InChI=1S/C17H16ClFN2OS/c18-13-11-12(5-6-16(13)22)17(23)21-9-7-20(8-10-21)15-4-2-1-3-14(15)19/h1-6,11,22H,7-10H2. The van der Waals surface area contributed by atoms with Gasteiger partial charge in [0, 0.05) is 31.7 Å². The molecule has 0 radical (unpaired) electrons. The average Bonchev–Trinajstić information content (AvgIpc) is 2.57. The highest BCUT2D eigenvalue weighted by Crippen LogP contribution is 2.25. The molecule has 0 amide bonds. The molecule has 0 atom stereocenters. The van der Waals surface area contributed by atoms with Crippen molar-refractivity contribution in [2.45, 2.75) is 0 Å². The summed E-state index contributed by atoms with van der Waals surface area (Å²) in [7, 11) is 0. The molecular formula is C17H16ClFN2OS. The lowest BCUT2D eigenvalue weighted by molar-refractivity contribution is 0.390. The third-order valence-electron chi connectivity index (χ3n) is 3.95. The Hall–Kier alpha value is -1.85. The Labute approximate surface area is 144 Å². The number of hydrogen-bond acceptors (Lipinski definition) is 3. The van der Waals surface area contributed by atoms with E-state index < -0.39 is 0 Å². The number of thiocarbonyl (C=S) groups is 1. The van der Waals surface area contributed by atoms with Gasteiger partial charge in [0.25, 0.3) is 0 Å². The fourth-order valence-electron chi connectivity index (χ4n) is 2.68. The van der Waals surface area contributed by atoms with E-state index in [0.29, 0.717) is 36.9 Å². The van der Waals surface area contributed by atoms with Crippen LogP contribution in [0.4, 0.5) is 10.1 Å². The monoisotopic (exact) mass is 350 g/mol. The third kappa shape index (κ3) is 3.41.